The average molecular weight is 730 g/mol. The number of nitrogens with zero attached hydrogens (tertiary/aromatic N) is 1. The van der Waals surface area contributed by atoms with Crippen molar-refractivity contribution in [2.45, 2.75) is 88.9 Å². The Morgan fingerprint density at radius 2 is 1.07 bits per heavy atom. The molecule has 4 bridgehead atoms. The molecule has 56 heavy (non-hydrogen) atoms. The lowest BCUT2D eigenvalue weighted by Crippen LogP contribution is -2.55. The summed E-state index contributed by atoms with van der Waals surface area (Å²) < 4.78 is 6.46. The third kappa shape index (κ3) is 4.56. The molecule has 4 fully saturated rings. The molecule has 4 saturated carbocycles. The van der Waals surface area contributed by atoms with E-state index in [0.29, 0.717) is 0 Å². The monoisotopic (exact) mass is 729 g/mol. The highest BCUT2D eigenvalue weighted by Gasteiger charge is 2.61. The van der Waals surface area contributed by atoms with Gasteiger partial charge in [0.15, 0.2) is 0 Å². The maximum Gasteiger partial charge on any atom is 0.137 e. The minimum Gasteiger partial charge on any atom is -0.456 e. The van der Waals surface area contributed by atoms with E-state index in [-0.39, 0.29) is 16.2 Å². The molecule has 1 spiro atoms. The van der Waals surface area contributed by atoms with Crippen molar-refractivity contribution in [3.63, 3.8) is 0 Å². The fourth-order valence-corrected chi connectivity index (χ4v) is 13.2. The number of para-hydroxylation sites is 1. The molecular formula is C54H51NO. The van der Waals surface area contributed by atoms with Gasteiger partial charge in [-0.05, 0) is 172 Å². The first-order valence-electron chi connectivity index (χ1n) is 21.4. The van der Waals surface area contributed by atoms with E-state index >= 15 is 0 Å². The maximum atomic E-state index is 6.46. The Morgan fingerprint density at radius 3 is 1.86 bits per heavy atom. The van der Waals surface area contributed by atoms with E-state index in [9.17, 15) is 0 Å². The van der Waals surface area contributed by atoms with Gasteiger partial charge in [-0.2, -0.15) is 0 Å². The minimum atomic E-state index is 0.112. The fraction of sp³-hybridized carbons (Fsp3) is 0.333. The van der Waals surface area contributed by atoms with Gasteiger partial charge in [-0.1, -0.05) is 100 Å². The third-order valence-corrected chi connectivity index (χ3v) is 15.7. The van der Waals surface area contributed by atoms with E-state index in [1.54, 1.807) is 11.1 Å². The van der Waals surface area contributed by atoms with E-state index in [2.05, 4.69) is 160 Å². The Labute approximate surface area is 331 Å². The fourth-order valence-electron chi connectivity index (χ4n) is 13.2. The molecular weight excluding hydrogens is 679 g/mol. The Morgan fingerprint density at radius 1 is 0.464 bits per heavy atom. The highest BCUT2D eigenvalue weighted by Crippen LogP contribution is 2.69. The van der Waals surface area contributed by atoms with Gasteiger partial charge < -0.3 is 9.32 Å². The summed E-state index contributed by atoms with van der Waals surface area (Å²) in [5.41, 5.74) is 17.6. The quantitative estimate of drug-likeness (QED) is 0.179. The van der Waals surface area contributed by atoms with Crippen LogP contribution in [0.3, 0.4) is 0 Å². The summed E-state index contributed by atoms with van der Waals surface area (Å²) in [7, 11) is 0. The molecule has 278 valence electrons. The highest BCUT2D eigenvalue weighted by molar-refractivity contribution is 6.06. The zero-order valence-electron chi connectivity index (χ0n) is 33.2. The van der Waals surface area contributed by atoms with Gasteiger partial charge in [0.05, 0.1) is 0 Å². The van der Waals surface area contributed by atoms with Crippen molar-refractivity contribution in [3.8, 4) is 22.3 Å². The predicted molar refractivity (Wildman–Crippen MR) is 232 cm³/mol. The van der Waals surface area contributed by atoms with Gasteiger partial charge in [-0.3, -0.25) is 0 Å². The second kappa shape index (κ2) is 11.5. The van der Waals surface area contributed by atoms with E-state index < -0.39 is 0 Å². The summed E-state index contributed by atoms with van der Waals surface area (Å²) in [4.78, 5) is 2.44. The van der Waals surface area contributed by atoms with Crippen LogP contribution in [0.25, 0.3) is 44.2 Å². The average Bonchev–Trinajstić information content (AvgIpc) is 3.72. The molecule has 0 amide bonds. The molecule has 1 aromatic heterocycles. The molecule has 1 heterocycles. The number of fused-ring (bicyclic) bond motifs is 7. The van der Waals surface area contributed by atoms with Crippen LogP contribution in [0, 0.1) is 23.7 Å². The second-order valence-electron chi connectivity index (χ2n) is 19.6. The third-order valence-electron chi connectivity index (χ3n) is 15.7. The summed E-state index contributed by atoms with van der Waals surface area (Å²) in [6, 6.07) is 48.7. The molecule has 6 aliphatic carbocycles. The molecule has 0 atom stereocenters. The molecule has 2 heteroatoms. The molecule has 2 nitrogen and oxygen atoms in total. The van der Waals surface area contributed by atoms with Crippen LogP contribution < -0.4 is 4.90 Å². The molecule has 0 aliphatic heterocycles. The van der Waals surface area contributed by atoms with Crippen molar-refractivity contribution < 1.29 is 4.42 Å². The Balaban J connectivity index is 0.978. The summed E-state index contributed by atoms with van der Waals surface area (Å²) >= 11 is 0. The first-order valence-corrected chi connectivity index (χ1v) is 21.4. The van der Waals surface area contributed by atoms with Gasteiger partial charge in [0.1, 0.15) is 11.2 Å². The first-order chi connectivity index (χ1) is 27.2. The van der Waals surface area contributed by atoms with Crippen LogP contribution in [0.5, 0.6) is 0 Å². The number of rotatable bonds is 4. The van der Waals surface area contributed by atoms with Crippen LogP contribution in [-0.2, 0) is 16.2 Å². The van der Waals surface area contributed by atoms with Gasteiger partial charge in [-0.15, -0.1) is 0 Å². The minimum absolute atomic E-state index is 0.112. The molecule has 0 N–H and O–H groups in total. The van der Waals surface area contributed by atoms with Crippen molar-refractivity contribution in [1.82, 2.24) is 0 Å². The number of anilines is 3. The summed E-state index contributed by atoms with van der Waals surface area (Å²) in [6.07, 6.45) is 9.51. The van der Waals surface area contributed by atoms with Crippen molar-refractivity contribution in [1.29, 1.82) is 0 Å². The Kier molecular flexibility index (Phi) is 6.80. The predicted octanol–water partition coefficient (Wildman–Crippen LogP) is 14.8. The zero-order chi connectivity index (χ0) is 37.6. The molecule has 6 aromatic carbocycles. The van der Waals surface area contributed by atoms with E-state index in [1.807, 2.05) is 0 Å². The summed E-state index contributed by atoms with van der Waals surface area (Å²) in [5, 5.41) is 2.32. The number of furan rings is 1. The van der Waals surface area contributed by atoms with Crippen LogP contribution in [0.15, 0.2) is 132 Å². The smallest absolute Gasteiger partial charge is 0.137 e. The summed E-state index contributed by atoms with van der Waals surface area (Å²) in [5.74, 6) is 3.42. The van der Waals surface area contributed by atoms with E-state index in [4.69, 9.17) is 4.42 Å². The van der Waals surface area contributed by atoms with Gasteiger partial charge in [-0.25, -0.2) is 0 Å². The number of benzene rings is 6. The normalized spacial score (nSPS) is 26.1. The van der Waals surface area contributed by atoms with Gasteiger partial charge in [0, 0.05) is 39.3 Å². The number of hydrogen-bond donors (Lipinski definition) is 0. The lowest BCUT2D eigenvalue weighted by Gasteiger charge is -2.61. The Bertz CT molecular complexity index is 2700. The van der Waals surface area contributed by atoms with E-state index in [1.165, 1.54) is 84.0 Å². The largest absolute Gasteiger partial charge is 0.456 e. The standard InChI is InChI=1S/C54H51NO/c1-52(2)23-24-53(3,4)49-31-40(19-22-47(49)52)55(41-18-21-45-44-10-6-8-12-50(44)56-51(45)32-41)39-16-13-35(14-17-39)36-15-20-43-42-9-5-7-11-46(42)54(48(43)30-36)37-26-33-25-34(28-37)29-38(54)27-33/h5-22,30-34,37-38H,23-29H2,1-4H3. The van der Waals surface area contributed by atoms with Gasteiger partial charge in [0.2, 0.25) is 0 Å². The van der Waals surface area contributed by atoms with Gasteiger partial charge in [0.25, 0.3) is 0 Å². The lowest BCUT2D eigenvalue weighted by molar-refractivity contribution is -0.0399. The molecule has 0 saturated heterocycles. The van der Waals surface area contributed by atoms with Crippen molar-refractivity contribution in [2.75, 3.05) is 4.90 Å². The second-order valence-corrected chi connectivity index (χ2v) is 19.6. The molecule has 0 unspecified atom stereocenters. The molecule has 13 rings (SSSR count). The van der Waals surface area contributed by atoms with Gasteiger partial charge >= 0.3 is 0 Å². The summed E-state index contributed by atoms with van der Waals surface area (Å²) in [6.45, 7) is 9.67. The zero-order valence-corrected chi connectivity index (χ0v) is 33.2. The van der Waals surface area contributed by atoms with Crippen LogP contribution in [0.4, 0.5) is 17.1 Å². The molecule has 6 aliphatic rings. The van der Waals surface area contributed by atoms with Crippen molar-refractivity contribution >= 4 is 39.0 Å². The van der Waals surface area contributed by atoms with Crippen molar-refractivity contribution in [3.05, 3.63) is 150 Å². The maximum absolute atomic E-state index is 6.46. The number of hydrogen-bond acceptors (Lipinski definition) is 2. The van der Waals surface area contributed by atoms with Crippen LogP contribution in [-0.4, -0.2) is 0 Å². The Hall–Kier alpha value is -5.08. The van der Waals surface area contributed by atoms with Crippen molar-refractivity contribution in [2.24, 2.45) is 23.7 Å². The lowest BCUT2D eigenvalue weighted by atomic mass is 9.43. The molecule has 7 aromatic rings. The highest BCUT2D eigenvalue weighted by atomic mass is 16.3. The van der Waals surface area contributed by atoms with E-state index in [0.717, 1.165) is 57.0 Å². The van der Waals surface area contributed by atoms with Crippen LogP contribution >= 0.6 is 0 Å². The topological polar surface area (TPSA) is 16.4 Å². The SMILES string of the molecule is CC1(C)CCC(C)(C)c2cc(N(c3ccc(-c4ccc5c(c4)C4(c6ccccc6-5)C5CC6CC(C5)CC4C6)cc3)c3ccc4c(c3)oc3ccccc34)ccc21. The van der Waals surface area contributed by atoms with Crippen LogP contribution in [0.1, 0.15) is 94.9 Å². The first kappa shape index (κ1) is 33.1. The van der Waals surface area contributed by atoms with Crippen LogP contribution in [0.2, 0.25) is 0 Å². The molecule has 0 radical (unpaired) electrons.